The number of fused-ring (bicyclic) bond motifs is 1. The van der Waals surface area contributed by atoms with Crippen molar-refractivity contribution in [2.45, 2.75) is 43.8 Å². The lowest BCUT2D eigenvalue weighted by atomic mass is 9.80. The third-order valence-electron chi connectivity index (χ3n) is 6.73. The van der Waals surface area contributed by atoms with Gasteiger partial charge in [0.15, 0.2) is 0 Å². The van der Waals surface area contributed by atoms with Crippen LogP contribution in [0.3, 0.4) is 0 Å². The highest BCUT2D eigenvalue weighted by Gasteiger charge is 2.47. The highest BCUT2D eigenvalue weighted by Crippen LogP contribution is 2.48. The fourth-order valence-electron chi connectivity index (χ4n) is 5.11. The maximum absolute atomic E-state index is 13.8. The first kappa shape index (κ1) is 22.6. The normalized spacial score (nSPS) is 24.4. The van der Waals surface area contributed by atoms with Gasteiger partial charge in [-0.3, -0.25) is 10.6 Å². The van der Waals surface area contributed by atoms with Gasteiger partial charge in [-0.25, -0.2) is 5.01 Å². The van der Waals surface area contributed by atoms with Crippen molar-refractivity contribution in [2.24, 2.45) is 11.8 Å². The number of benzene rings is 2. The number of methoxy groups -OCH3 is 1. The zero-order valence-corrected chi connectivity index (χ0v) is 18.2. The Balaban J connectivity index is 1.74. The summed E-state index contributed by atoms with van der Waals surface area (Å²) in [6.45, 7) is 0.764. The summed E-state index contributed by atoms with van der Waals surface area (Å²) >= 11 is 0. The first-order valence-electron chi connectivity index (χ1n) is 10.8. The van der Waals surface area contributed by atoms with Crippen LogP contribution in [0.15, 0.2) is 42.5 Å². The van der Waals surface area contributed by atoms with Gasteiger partial charge in [0.1, 0.15) is 5.75 Å². The Morgan fingerprint density at radius 1 is 1.19 bits per heavy atom. The lowest BCUT2D eigenvalue weighted by molar-refractivity contribution is -0.157. The third-order valence-corrected chi connectivity index (χ3v) is 6.73. The molecular weight excluding hydrogens is 419 g/mol. The van der Waals surface area contributed by atoms with Gasteiger partial charge in [0, 0.05) is 26.1 Å². The number of hydrogen-bond acceptors (Lipinski definition) is 4. The second-order valence-electron chi connectivity index (χ2n) is 8.67. The Morgan fingerprint density at radius 2 is 1.91 bits per heavy atom. The summed E-state index contributed by atoms with van der Waals surface area (Å²) in [5, 5.41) is 1.83. The molecule has 172 valence electrons. The molecule has 1 fully saturated rings. The molecule has 0 radical (unpaired) electrons. The molecule has 0 bridgehead atoms. The molecule has 2 heterocycles. The molecule has 5 nitrogen and oxygen atoms in total. The summed E-state index contributed by atoms with van der Waals surface area (Å²) < 4.78 is 47.0. The van der Waals surface area contributed by atoms with Gasteiger partial charge in [-0.15, -0.1) is 0 Å². The number of carbonyl (C=O) groups excluding carboxylic acids is 1. The van der Waals surface area contributed by atoms with Gasteiger partial charge in [0.05, 0.1) is 24.8 Å². The quantitative estimate of drug-likeness (QED) is 0.698. The Morgan fingerprint density at radius 3 is 2.56 bits per heavy atom. The van der Waals surface area contributed by atoms with Gasteiger partial charge >= 0.3 is 6.18 Å². The number of piperidine rings is 1. The van der Waals surface area contributed by atoms with Crippen molar-refractivity contribution >= 4 is 11.6 Å². The van der Waals surface area contributed by atoms with E-state index in [1.807, 2.05) is 35.3 Å². The number of ether oxygens (including phenoxy) is 1. The van der Waals surface area contributed by atoms with Gasteiger partial charge in [0.25, 0.3) is 0 Å². The zero-order chi connectivity index (χ0) is 23.0. The molecule has 1 amide bonds. The van der Waals surface area contributed by atoms with E-state index in [0.29, 0.717) is 17.7 Å². The van der Waals surface area contributed by atoms with Gasteiger partial charge < -0.3 is 9.64 Å². The van der Waals surface area contributed by atoms with Crippen molar-refractivity contribution in [1.82, 2.24) is 5.01 Å². The lowest BCUT2D eigenvalue weighted by Gasteiger charge is -2.39. The van der Waals surface area contributed by atoms with Crippen LogP contribution in [-0.4, -0.2) is 37.8 Å². The second-order valence-corrected chi connectivity index (χ2v) is 8.67. The first-order valence-corrected chi connectivity index (χ1v) is 10.8. The van der Waals surface area contributed by atoms with Crippen molar-refractivity contribution in [3.05, 3.63) is 59.2 Å². The van der Waals surface area contributed by atoms with E-state index in [9.17, 15) is 18.0 Å². The number of nitrogens with zero attached hydrogens (tertiary/aromatic N) is 2. The number of hydrogen-bond donors (Lipinski definition) is 1. The number of nitrogens with two attached hydrogens (primary N) is 1. The van der Waals surface area contributed by atoms with Gasteiger partial charge in [0.2, 0.25) is 5.91 Å². The number of rotatable bonds is 4. The molecule has 0 aliphatic carbocycles. The molecule has 0 aromatic heterocycles. The number of halogens is 3. The first-order chi connectivity index (χ1) is 15.2. The molecule has 4 rings (SSSR count). The van der Waals surface area contributed by atoms with E-state index in [1.165, 1.54) is 19.1 Å². The predicted octanol–water partition coefficient (Wildman–Crippen LogP) is 4.58. The van der Waals surface area contributed by atoms with Crippen molar-refractivity contribution in [2.75, 3.05) is 25.6 Å². The van der Waals surface area contributed by atoms with Gasteiger partial charge in [-0.2, -0.15) is 13.2 Å². The molecule has 1 unspecified atom stereocenters. The average molecular weight is 448 g/mol. The average Bonchev–Trinajstić information content (AvgIpc) is 2.76. The van der Waals surface area contributed by atoms with Crippen molar-refractivity contribution in [3.8, 4) is 5.75 Å². The van der Waals surface area contributed by atoms with Crippen LogP contribution >= 0.6 is 0 Å². The molecule has 2 aromatic rings. The van der Waals surface area contributed by atoms with E-state index in [4.69, 9.17) is 10.6 Å². The molecule has 8 heteroatoms. The van der Waals surface area contributed by atoms with Gasteiger partial charge in [-0.1, -0.05) is 30.3 Å². The minimum Gasteiger partial charge on any atom is -0.496 e. The predicted molar refractivity (Wildman–Crippen MR) is 116 cm³/mol. The van der Waals surface area contributed by atoms with E-state index in [2.05, 4.69) is 0 Å². The highest BCUT2D eigenvalue weighted by molar-refractivity contribution is 5.97. The van der Waals surface area contributed by atoms with Gasteiger partial charge in [-0.05, 0) is 47.9 Å². The van der Waals surface area contributed by atoms with Crippen LogP contribution in [0.2, 0.25) is 0 Å². The minimum atomic E-state index is -4.50. The largest absolute Gasteiger partial charge is 0.496 e. The summed E-state index contributed by atoms with van der Waals surface area (Å²) in [4.78, 5) is 13.5. The Labute approximate surface area is 185 Å². The van der Waals surface area contributed by atoms with E-state index >= 15 is 0 Å². The summed E-state index contributed by atoms with van der Waals surface area (Å²) in [5.74, 6) is 4.61. The third kappa shape index (κ3) is 4.21. The lowest BCUT2D eigenvalue weighted by Crippen LogP contribution is -2.44. The monoisotopic (exact) mass is 447 g/mol. The summed E-state index contributed by atoms with van der Waals surface area (Å²) in [7, 11) is 3.01. The molecule has 32 heavy (non-hydrogen) atoms. The molecule has 2 aromatic carbocycles. The fourth-order valence-corrected chi connectivity index (χ4v) is 5.11. The smallest absolute Gasteiger partial charge is 0.396 e. The van der Waals surface area contributed by atoms with Crippen LogP contribution < -0.4 is 15.5 Å². The van der Waals surface area contributed by atoms with E-state index in [1.54, 1.807) is 12.1 Å². The summed E-state index contributed by atoms with van der Waals surface area (Å²) in [6.07, 6.45) is -2.71. The van der Waals surface area contributed by atoms with Crippen molar-refractivity contribution < 1.29 is 22.7 Å². The van der Waals surface area contributed by atoms with Crippen molar-refractivity contribution in [1.29, 1.82) is 0 Å². The maximum atomic E-state index is 13.8. The highest BCUT2D eigenvalue weighted by atomic mass is 19.4. The number of amides is 1. The summed E-state index contributed by atoms with van der Waals surface area (Å²) in [5.41, 5.74) is 2.19. The topological polar surface area (TPSA) is 58.8 Å². The summed E-state index contributed by atoms with van der Waals surface area (Å²) in [6, 6.07) is 13.1. The number of carbonyl (C=O) groups is 1. The number of anilines is 1. The molecule has 0 spiro atoms. The molecule has 2 aliphatic rings. The molecule has 3 atom stereocenters. The Kier molecular flexibility index (Phi) is 6.18. The van der Waals surface area contributed by atoms with Crippen molar-refractivity contribution in [3.63, 3.8) is 0 Å². The fraction of sp³-hybridized carbons (Fsp3) is 0.458. The van der Waals surface area contributed by atoms with Crippen LogP contribution in [0.1, 0.15) is 47.9 Å². The molecule has 1 saturated heterocycles. The van der Waals surface area contributed by atoms with E-state index < -0.39 is 24.4 Å². The molecule has 0 saturated carbocycles. The molecular formula is C24H28F3N3O2. The van der Waals surface area contributed by atoms with Crippen LogP contribution in [0.5, 0.6) is 5.75 Å². The zero-order valence-electron chi connectivity index (χ0n) is 18.2. The van der Waals surface area contributed by atoms with Crippen LogP contribution in [0.25, 0.3) is 0 Å². The maximum Gasteiger partial charge on any atom is 0.396 e. The number of alkyl halides is 3. The second kappa shape index (κ2) is 8.75. The van der Waals surface area contributed by atoms with E-state index in [0.717, 1.165) is 24.9 Å². The molecule has 2 N–H and O–H groups in total. The Hall–Kier alpha value is -2.58. The van der Waals surface area contributed by atoms with Crippen LogP contribution in [0.4, 0.5) is 18.9 Å². The van der Waals surface area contributed by atoms with E-state index in [-0.39, 0.29) is 23.2 Å². The SMILES string of the molecule is COc1cc2c(cc1C[C@@H]1CCCN(N)[C@@H]1c1ccccc1)C(C(F)(F)F)CC(=O)N2C. The van der Waals surface area contributed by atoms with Crippen LogP contribution in [-0.2, 0) is 11.2 Å². The standard InChI is InChI=1S/C24H28F3N3O2/c1-29-20-14-21(32-2)17(12-18(20)19(13-22(29)31)24(25,26)27)11-16-9-6-10-30(28)23(16)15-7-4-3-5-8-15/h3-5,7-8,12,14,16,19,23H,6,9-11,13,28H2,1-2H3/t16-,19?,23+/m0/s1. The minimum absolute atomic E-state index is 0.0339. The molecule has 2 aliphatic heterocycles. The van der Waals surface area contributed by atoms with Crippen LogP contribution in [0, 0.1) is 5.92 Å². The number of hydrazine groups is 1. The Bertz CT molecular complexity index is 980.